The molecule has 0 saturated heterocycles. The number of rotatable bonds is 34. The summed E-state index contributed by atoms with van der Waals surface area (Å²) in [5.41, 5.74) is 0. The van der Waals surface area contributed by atoms with Crippen molar-refractivity contribution in [3.8, 4) is 0 Å². The lowest BCUT2D eigenvalue weighted by atomic mass is 10.2. The van der Waals surface area contributed by atoms with Gasteiger partial charge in [-0.1, -0.05) is 81.1 Å². The van der Waals surface area contributed by atoms with Gasteiger partial charge >= 0.3 is 0 Å². The minimum Gasteiger partial charge on any atom is -0.329 e. The van der Waals surface area contributed by atoms with Gasteiger partial charge in [-0.25, -0.2) is 0 Å². The largest absolute Gasteiger partial charge is 0.329 e. The van der Waals surface area contributed by atoms with Gasteiger partial charge in [0.25, 0.3) is 11.9 Å². The van der Waals surface area contributed by atoms with Crippen molar-refractivity contribution in [2.24, 2.45) is 0 Å². The van der Waals surface area contributed by atoms with Gasteiger partial charge in [0.05, 0.1) is 26.4 Å². The molecule has 0 N–H and O–H groups in total. The summed E-state index contributed by atoms with van der Waals surface area (Å²) in [5, 5.41) is 0. The van der Waals surface area contributed by atoms with E-state index in [0.717, 1.165) is 77.0 Å². The molecule has 9 nitrogen and oxygen atoms in total. The third-order valence-corrected chi connectivity index (χ3v) is 6.66. The molecule has 0 aliphatic rings. The first kappa shape index (κ1) is 42.6. The molecule has 0 aromatic carbocycles. The maximum Gasteiger partial charge on any atom is 0.285 e. The van der Waals surface area contributed by atoms with Gasteiger partial charge in [0.15, 0.2) is 26.2 Å². The lowest BCUT2D eigenvalue weighted by molar-refractivity contribution is -0.432. The SMILES string of the molecule is CCCCC(OCOCOC(CCCC)OC(CCCC)(OCCC)OCCC)OC(CCCC)(OCCC)OCCC. The van der Waals surface area contributed by atoms with Crippen molar-refractivity contribution < 1.29 is 42.6 Å². The second kappa shape index (κ2) is 29.1. The molecule has 0 amide bonds. The summed E-state index contributed by atoms with van der Waals surface area (Å²) in [4.78, 5) is 0. The highest BCUT2D eigenvalue weighted by molar-refractivity contribution is 4.63. The summed E-state index contributed by atoms with van der Waals surface area (Å²) >= 11 is 0. The summed E-state index contributed by atoms with van der Waals surface area (Å²) in [6, 6.07) is 0. The van der Waals surface area contributed by atoms with Gasteiger partial charge in [-0.3, -0.25) is 9.47 Å². The number of hydrogen-bond acceptors (Lipinski definition) is 9. The van der Waals surface area contributed by atoms with Gasteiger partial charge in [0.1, 0.15) is 0 Å². The molecule has 0 spiro atoms. The van der Waals surface area contributed by atoms with Crippen molar-refractivity contribution in [3.05, 3.63) is 0 Å². The third-order valence-electron chi connectivity index (χ3n) is 6.66. The van der Waals surface area contributed by atoms with Crippen LogP contribution in [0.25, 0.3) is 0 Å². The van der Waals surface area contributed by atoms with Crippen LogP contribution in [-0.2, 0) is 42.6 Å². The highest BCUT2D eigenvalue weighted by Crippen LogP contribution is 2.29. The van der Waals surface area contributed by atoms with Crippen molar-refractivity contribution in [1.82, 2.24) is 0 Å². The molecule has 0 rings (SSSR count). The summed E-state index contributed by atoms with van der Waals surface area (Å²) in [6.07, 6.45) is 13.0. The van der Waals surface area contributed by atoms with Crippen LogP contribution in [0.5, 0.6) is 0 Å². The summed E-state index contributed by atoms with van der Waals surface area (Å²) < 4.78 is 55.7. The first-order valence-electron chi connectivity index (χ1n) is 17.7. The minimum atomic E-state index is -1.12. The van der Waals surface area contributed by atoms with E-state index >= 15 is 0 Å². The zero-order valence-corrected chi connectivity index (χ0v) is 29.4. The standard InChI is InChI=1S/C34H70O9/c1-9-17-21-31(42-33(23-19-11-3,38-25-13-5)39-26-14-6)36-29-35-30-37-32(22-18-10-2)43-34(24-20-12-4,40-27-15-7)41-28-16-8/h31-32H,9-30H2,1-8H3. The number of unbranched alkanes of at least 4 members (excludes halogenated alkanes) is 4. The normalized spacial score (nSPS) is 14.0. The Morgan fingerprint density at radius 3 is 1.02 bits per heavy atom. The zero-order chi connectivity index (χ0) is 32.1. The zero-order valence-electron chi connectivity index (χ0n) is 29.4. The molecule has 0 aromatic heterocycles. The number of ether oxygens (including phenoxy) is 9. The first-order chi connectivity index (χ1) is 20.9. The highest BCUT2D eigenvalue weighted by Gasteiger charge is 2.37. The summed E-state index contributed by atoms with van der Waals surface area (Å²) in [6.45, 7) is 19.2. The van der Waals surface area contributed by atoms with E-state index in [-0.39, 0.29) is 13.6 Å². The maximum absolute atomic E-state index is 6.46. The molecule has 0 radical (unpaired) electrons. The second-order valence-corrected chi connectivity index (χ2v) is 11.1. The summed E-state index contributed by atoms with van der Waals surface area (Å²) in [5.74, 6) is -2.23. The van der Waals surface area contributed by atoms with E-state index in [1.54, 1.807) is 0 Å². The smallest absolute Gasteiger partial charge is 0.285 e. The van der Waals surface area contributed by atoms with Gasteiger partial charge in [-0.05, 0) is 64.2 Å². The number of hydrogen-bond donors (Lipinski definition) is 0. The van der Waals surface area contributed by atoms with Crippen LogP contribution in [0.4, 0.5) is 0 Å². The summed E-state index contributed by atoms with van der Waals surface area (Å²) in [7, 11) is 0. The molecule has 0 heterocycles. The Labute approximate surface area is 265 Å². The van der Waals surface area contributed by atoms with E-state index in [4.69, 9.17) is 42.6 Å². The quantitative estimate of drug-likeness (QED) is 0.0515. The van der Waals surface area contributed by atoms with Crippen LogP contribution in [0.15, 0.2) is 0 Å². The Hall–Kier alpha value is -0.360. The average molecular weight is 623 g/mol. The Bertz CT molecular complexity index is 487. The van der Waals surface area contributed by atoms with Gasteiger partial charge < -0.3 is 33.2 Å². The molecule has 0 aromatic rings. The molecule has 260 valence electrons. The van der Waals surface area contributed by atoms with Crippen LogP contribution in [-0.4, -0.2) is 64.5 Å². The fraction of sp³-hybridized carbons (Fsp3) is 1.00. The Balaban J connectivity index is 5.38. The molecule has 0 fully saturated rings. The fourth-order valence-corrected chi connectivity index (χ4v) is 4.22. The van der Waals surface area contributed by atoms with E-state index in [0.29, 0.717) is 52.1 Å². The van der Waals surface area contributed by atoms with Crippen LogP contribution < -0.4 is 0 Å². The van der Waals surface area contributed by atoms with E-state index in [1.807, 2.05) is 0 Å². The average Bonchev–Trinajstić information content (AvgIpc) is 3.03. The second-order valence-electron chi connectivity index (χ2n) is 11.1. The van der Waals surface area contributed by atoms with Crippen LogP contribution in [0.3, 0.4) is 0 Å². The molecule has 0 aliphatic heterocycles. The third kappa shape index (κ3) is 21.1. The van der Waals surface area contributed by atoms with Crippen LogP contribution in [0.1, 0.15) is 158 Å². The van der Waals surface area contributed by atoms with Crippen LogP contribution in [0.2, 0.25) is 0 Å². The topological polar surface area (TPSA) is 83.1 Å². The molecule has 0 bridgehead atoms. The van der Waals surface area contributed by atoms with Crippen LogP contribution in [0, 0.1) is 0 Å². The van der Waals surface area contributed by atoms with E-state index < -0.39 is 24.5 Å². The molecule has 9 heteroatoms. The van der Waals surface area contributed by atoms with Crippen LogP contribution >= 0.6 is 0 Å². The molecule has 43 heavy (non-hydrogen) atoms. The Morgan fingerprint density at radius 2 is 0.744 bits per heavy atom. The van der Waals surface area contributed by atoms with Gasteiger partial charge in [-0.15, -0.1) is 0 Å². The van der Waals surface area contributed by atoms with Crippen molar-refractivity contribution in [1.29, 1.82) is 0 Å². The monoisotopic (exact) mass is 623 g/mol. The van der Waals surface area contributed by atoms with Gasteiger partial charge in [0, 0.05) is 12.8 Å². The van der Waals surface area contributed by atoms with E-state index in [9.17, 15) is 0 Å². The maximum atomic E-state index is 6.46. The fourth-order valence-electron chi connectivity index (χ4n) is 4.22. The van der Waals surface area contributed by atoms with Crippen molar-refractivity contribution in [3.63, 3.8) is 0 Å². The minimum absolute atomic E-state index is 0.0138. The highest BCUT2D eigenvalue weighted by atomic mass is 16.9. The first-order valence-corrected chi connectivity index (χ1v) is 17.7. The van der Waals surface area contributed by atoms with Crippen molar-refractivity contribution in [2.75, 3.05) is 40.0 Å². The lowest BCUT2D eigenvalue weighted by Crippen LogP contribution is -2.44. The Morgan fingerprint density at radius 1 is 0.419 bits per heavy atom. The lowest BCUT2D eigenvalue weighted by Gasteiger charge is -2.37. The Kier molecular flexibility index (Phi) is 28.8. The molecular formula is C34H70O9. The van der Waals surface area contributed by atoms with Crippen molar-refractivity contribution in [2.45, 2.75) is 183 Å². The molecule has 0 saturated carbocycles. The molecule has 0 aliphatic carbocycles. The van der Waals surface area contributed by atoms with Gasteiger partial charge in [-0.2, -0.15) is 0 Å². The van der Waals surface area contributed by atoms with E-state index in [2.05, 4.69) is 55.4 Å². The molecule has 2 unspecified atom stereocenters. The predicted octanol–water partition coefficient (Wildman–Crippen LogP) is 9.41. The predicted molar refractivity (Wildman–Crippen MR) is 171 cm³/mol. The van der Waals surface area contributed by atoms with Crippen molar-refractivity contribution >= 4 is 0 Å². The molecule has 2 atom stereocenters. The van der Waals surface area contributed by atoms with Gasteiger partial charge in [0.2, 0.25) is 0 Å². The molecular weight excluding hydrogens is 552 g/mol. The van der Waals surface area contributed by atoms with E-state index in [1.165, 1.54) is 0 Å².